The Bertz CT molecular complexity index is 415. The molecular formula is C14H19NOS. The third-order valence-electron chi connectivity index (χ3n) is 2.70. The molecule has 0 aliphatic heterocycles. The van der Waals surface area contributed by atoms with Gasteiger partial charge in [0, 0.05) is 24.1 Å². The van der Waals surface area contributed by atoms with Crippen molar-refractivity contribution in [3.05, 3.63) is 42.0 Å². The summed E-state index contributed by atoms with van der Waals surface area (Å²) in [6, 6.07) is 5.64. The number of rotatable bonds is 5. The summed E-state index contributed by atoms with van der Waals surface area (Å²) >= 11 is 4.27. The van der Waals surface area contributed by atoms with E-state index >= 15 is 0 Å². The summed E-state index contributed by atoms with van der Waals surface area (Å²) in [7, 11) is 1.83. The number of amides is 1. The second kappa shape index (κ2) is 6.50. The van der Waals surface area contributed by atoms with E-state index in [0.717, 1.165) is 35.4 Å². The molecule has 1 aromatic rings. The van der Waals surface area contributed by atoms with E-state index in [1.54, 1.807) is 4.90 Å². The van der Waals surface area contributed by atoms with Crippen molar-refractivity contribution in [1.82, 2.24) is 4.90 Å². The van der Waals surface area contributed by atoms with Gasteiger partial charge in [-0.05, 0) is 37.5 Å². The van der Waals surface area contributed by atoms with Crippen molar-refractivity contribution >= 4 is 18.5 Å². The van der Waals surface area contributed by atoms with Gasteiger partial charge >= 0.3 is 0 Å². The van der Waals surface area contributed by atoms with Crippen LogP contribution in [0.4, 0.5) is 0 Å². The molecule has 1 rings (SSSR count). The van der Waals surface area contributed by atoms with Crippen molar-refractivity contribution in [2.45, 2.75) is 24.7 Å². The summed E-state index contributed by atoms with van der Waals surface area (Å²) in [6.07, 6.45) is 3.76. The molecule has 0 unspecified atom stereocenters. The number of carbonyl (C=O) groups is 1. The molecule has 1 aromatic carbocycles. The second-order valence-corrected chi connectivity index (χ2v) is 4.67. The van der Waals surface area contributed by atoms with E-state index in [1.807, 2.05) is 38.2 Å². The molecule has 92 valence electrons. The minimum atomic E-state index is 0.0578. The normalized spacial score (nSPS) is 10.1. The largest absolute Gasteiger partial charge is 0.342 e. The summed E-state index contributed by atoms with van der Waals surface area (Å²) in [6.45, 7) is 6.37. The lowest BCUT2D eigenvalue weighted by atomic mass is 10.1. The fraction of sp³-hybridized carbons (Fsp3) is 0.357. The number of carbonyl (C=O) groups excluding carboxylic acids is 1. The van der Waals surface area contributed by atoms with Crippen molar-refractivity contribution in [3.63, 3.8) is 0 Å². The number of aryl methyl sites for hydroxylation is 1. The highest BCUT2D eigenvalue weighted by atomic mass is 32.1. The summed E-state index contributed by atoms with van der Waals surface area (Å²) in [5.41, 5.74) is 1.72. The van der Waals surface area contributed by atoms with Crippen LogP contribution in [0.1, 0.15) is 28.8 Å². The summed E-state index contributed by atoms with van der Waals surface area (Å²) in [5.74, 6) is 0.0578. The molecule has 1 amide bonds. The van der Waals surface area contributed by atoms with Crippen LogP contribution < -0.4 is 0 Å². The molecule has 0 saturated heterocycles. The Balaban J connectivity index is 2.74. The Morgan fingerprint density at radius 2 is 2.24 bits per heavy atom. The van der Waals surface area contributed by atoms with Gasteiger partial charge < -0.3 is 4.90 Å². The van der Waals surface area contributed by atoms with Crippen LogP contribution in [0.25, 0.3) is 0 Å². The Morgan fingerprint density at radius 3 is 2.88 bits per heavy atom. The van der Waals surface area contributed by atoms with Crippen molar-refractivity contribution in [3.8, 4) is 0 Å². The minimum Gasteiger partial charge on any atom is -0.342 e. The highest BCUT2D eigenvalue weighted by Gasteiger charge is 2.13. The van der Waals surface area contributed by atoms with E-state index < -0.39 is 0 Å². The van der Waals surface area contributed by atoms with E-state index in [0.29, 0.717) is 0 Å². The van der Waals surface area contributed by atoms with Crippen molar-refractivity contribution < 1.29 is 4.79 Å². The van der Waals surface area contributed by atoms with Crippen LogP contribution in [0.5, 0.6) is 0 Å². The van der Waals surface area contributed by atoms with Crippen LogP contribution >= 0.6 is 12.6 Å². The van der Waals surface area contributed by atoms with E-state index in [2.05, 4.69) is 19.2 Å². The van der Waals surface area contributed by atoms with E-state index in [4.69, 9.17) is 0 Å². The van der Waals surface area contributed by atoms with Crippen molar-refractivity contribution in [1.29, 1.82) is 0 Å². The number of allylic oxidation sites excluding steroid dienone is 1. The molecule has 0 bridgehead atoms. The number of nitrogens with zero attached hydrogens (tertiary/aromatic N) is 1. The number of thiol groups is 1. The highest BCUT2D eigenvalue weighted by Crippen LogP contribution is 2.15. The Morgan fingerprint density at radius 1 is 1.53 bits per heavy atom. The Labute approximate surface area is 109 Å². The average Bonchev–Trinajstić information content (AvgIpc) is 2.31. The summed E-state index contributed by atoms with van der Waals surface area (Å²) in [5, 5.41) is 0. The van der Waals surface area contributed by atoms with Crippen LogP contribution in [-0.4, -0.2) is 24.4 Å². The van der Waals surface area contributed by atoms with Gasteiger partial charge in [0.05, 0.1) is 0 Å². The monoisotopic (exact) mass is 249 g/mol. The van der Waals surface area contributed by atoms with E-state index in [1.165, 1.54) is 0 Å². The van der Waals surface area contributed by atoms with E-state index in [9.17, 15) is 4.79 Å². The highest BCUT2D eigenvalue weighted by molar-refractivity contribution is 7.80. The molecular weight excluding hydrogens is 230 g/mol. The third-order valence-corrected chi connectivity index (χ3v) is 2.98. The lowest BCUT2D eigenvalue weighted by Gasteiger charge is -2.18. The SMILES string of the molecule is C=CCCCN(C)C(=O)c1cc(S)ccc1C. The first-order valence-corrected chi connectivity index (χ1v) is 6.17. The van der Waals surface area contributed by atoms with Gasteiger partial charge in [-0.3, -0.25) is 4.79 Å². The van der Waals surface area contributed by atoms with Crippen LogP contribution in [0.15, 0.2) is 35.7 Å². The minimum absolute atomic E-state index is 0.0578. The van der Waals surface area contributed by atoms with Gasteiger partial charge in [0.25, 0.3) is 5.91 Å². The maximum Gasteiger partial charge on any atom is 0.253 e. The molecule has 0 atom stereocenters. The molecule has 0 fully saturated rings. The number of benzene rings is 1. The maximum absolute atomic E-state index is 12.2. The summed E-state index contributed by atoms with van der Waals surface area (Å²) < 4.78 is 0. The Kier molecular flexibility index (Phi) is 5.29. The van der Waals surface area contributed by atoms with Gasteiger partial charge in [-0.2, -0.15) is 0 Å². The smallest absolute Gasteiger partial charge is 0.253 e. The molecule has 0 spiro atoms. The maximum atomic E-state index is 12.2. The first kappa shape index (κ1) is 13.8. The van der Waals surface area contributed by atoms with Gasteiger partial charge in [0.15, 0.2) is 0 Å². The topological polar surface area (TPSA) is 20.3 Å². The van der Waals surface area contributed by atoms with Crippen LogP contribution in [0.3, 0.4) is 0 Å². The van der Waals surface area contributed by atoms with Crippen LogP contribution in [0, 0.1) is 6.92 Å². The standard InChI is InChI=1S/C14H19NOS/c1-4-5-6-9-15(3)14(16)13-10-12(17)8-7-11(13)2/h4,7-8,10,17H,1,5-6,9H2,2-3H3. The lowest BCUT2D eigenvalue weighted by Crippen LogP contribution is -2.28. The molecule has 0 N–H and O–H groups in total. The van der Waals surface area contributed by atoms with Gasteiger partial charge in [-0.1, -0.05) is 12.1 Å². The molecule has 2 nitrogen and oxygen atoms in total. The molecule has 17 heavy (non-hydrogen) atoms. The Hall–Kier alpha value is -1.22. The molecule has 3 heteroatoms. The lowest BCUT2D eigenvalue weighted by molar-refractivity contribution is 0.0793. The predicted octanol–water partition coefficient (Wildman–Crippen LogP) is 3.32. The fourth-order valence-corrected chi connectivity index (χ4v) is 1.82. The number of hydrogen-bond donors (Lipinski definition) is 1. The van der Waals surface area contributed by atoms with Gasteiger partial charge in [-0.25, -0.2) is 0 Å². The average molecular weight is 249 g/mol. The predicted molar refractivity (Wildman–Crippen MR) is 74.8 cm³/mol. The number of hydrogen-bond acceptors (Lipinski definition) is 2. The van der Waals surface area contributed by atoms with Crippen molar-refractivity contribution in [2.24, 2.45) is 0 Å². The molecule has 0 saturated carbocycles. The van der Waals surface area contributed by atoms with Crippen LogP contribution in [0.2, 0.25) is 0 Å². The molecule has 0 aromatic heterocycles. The van der Waals surface area contributed by atoms with Gasteiger partial charge in [0.2, 0.25) is 0 Å². The fourth-order valence-electron chi connectivity index (χ4n) is 1.62. The molecule has 0 aliphatic rings. The number of unbranched alkanes of at least 4 members (excludes halogenated alkanes) is 1. The first-order valence-electron chi connectivity index (χ1n) is 5.72. The quantitative estimate of drug-likeness (QED) is 0.482. The zero-order valence-electron chi connectivity index (χ0n) is 10.4. The molecule has 0 heterocycles. The van der Waals surface area contributed by atoms with Crippen LogP contribution in [-0.2, 0) is 0 Å². The first-order chi connectivity index (χ1) is 8.06. The zero-order valence-corrected chi connectivity index (χ0v) is 11.3. The van der Waals surface area contributed by atoms with Gasteiger partial charge in [0.1, 0.15) is 0 Å². The molecule has 0 radical (unpaired) electrons. The molecule has 0 aliphatic carbocycles. The van der Waals surface area contributed by atoms with E-state index in [-0.39, 0.29) is 5.91 Å². The van der Waals surface area contributed by atoms with Gasteiger partial charge in [-0.15, -0.1) is 19.2 Å². The second-order valence-electron chi connectivity index (χ2n) is 4.16. The zero-order chi connectivity index (χ0) is 12.8. The third kappa shape index (κ3) is 3.93. The summed E-state index contributed by atoms with van der Waals surface area (Å²) in [4.78, 5) is 14.7. The van der Waals surface area contributed by atoms with Crippen molar-refractivity contribution in [2.75, 3.05) is 13.6 Å².